The van der Waals surface area contributed by atoms with Gasteiger partial charge in [0.2, 0.25) is 0 Å². The summed E-state index contributed by atoms with van der Waals surface area (Å²) in [6.45, 7) is 22.8. The summed E-state index contributed by atoms with van der Waals surface area (Å²) in [4.78, 5) is 12.1. The molecule has 0 heterocycles. The molecule has 0 aromatic carbocycles. The van der Waals surface area contributed by atoms with Crippen molar-refractivity contribution in [3.8, 4) is 0 Å². The molecule has 0 aromatic heterocycles. The van der Waals surface area contributed by atoms with E-state index in [4.69, 9.17) is 8.85 Å². The second-order valence-corrected chi connectivity index (χ2v) is 20.5. The van der Waals surface area contributed by atoms with Crippen molar-refractivity contribution in [1.29, 1.82) is 0 Å². The fourth-order valence-corrected chi connectivity index (χ4v) is 4.97. The lowest BCUT2D eigenvalue weighted by Gasteiger charge is -2.41. The third-order valence-electron chi connectivity index (χ3n) is 6.60. The first-order valence-corrected chi connectivity index (χ1v) is 16.0. The monoisotopic (exact) mass is 414 g/mol. The van der Waals surface area contributed by atoms with Crippen molar-refractivity contribution >= 4 is 22.4 Å². The maximum atomic E-state index is 12.1. The molecule has 0 saturated heterocycles. The number of rotatable bonds is 6. The van der Waals surface area contributed by atoms with Crippen LogP contribution < -0.4 is 0 Å². The highest BCUT2D eigenvalue weighted by Gasteiger charge is 2.42. The van der Waals surface area contributed by atoms with E-state index in [1.165, 1.54) is 0 Å². The van der Waals surface area contributed by atoms with E-state index in [0.29, 0.717) is 13.0 Å². The molecule has 1 aliphatic carbocycles. The zero-order valence-electron chi connectivity index (χ0n) is 19.2. The van der Waals surface area contributed by atoms with Crippen molar-refractivity contribution in [2.24, 2.45) is 0 Å². The Balaban J connectivity index is 2.87. The molecule has 1 aliphatic rings. The van der Waals surface area contributed by atoms with Crippen LogP contribution in [0.3, 0.4) is 0 Å². The minimum absolute atomic E-state index is 0.0645. The molecule has 0 aliphatic heterocycles. The van der Waals surface area contributed by atoms with Crippen LogP contribution in [0.15, 0.2) is 11.6 Å². The first-order chi connectivity index (χ1) is 12.0. The smallest absolute Gasteiger partial charge is 0.192 e. The van der Waals surface area contributed by atoms with Crippen LogP contribution in [0.5, 0.6) is 0 Å². The highest BCUT2D eigenvalue weighted by molar-refractivity contribution is 6.74. The minimum atomic E-state index is -2.02. The predicted molar refractivity (Wildman–Crippen MR) is 118 cm³/mol. The summed E-state index contributed by atoms with van der Waals surface area (Å²) in [6, 6.07) is 0. The Morgan fingerprint density at radius 1 is 1.00 bits per heavy atom. The summed E-state index contributed by atoms with van der Waals surface area (Å²) in [6.07, 6.45) is 2.35. The highest BCUT2D eigenvalue weighted by Crippen LogP contribution is 2.40. The third-order valence-corrected chi connectivity index (χ3v) is 15.6. The van der Waals surface area contributed by atoms with E-state index in [0.717, 1.165) is 12.0 Å². The first kappa shape index (κ1) is 24.8. The van der Waals surface area contributed by atoms with Gasteiger partial charge in [-0.1, -0.05) is 47.6 Å². The van der Waals surface area contributed by atoms with Crippen LogP contribution in [-0.2, 0) is 13.6 Å². The minimum Gasteiger partial charge on any atom is -0.417 e. The molecule has 27 heavy (non-hydrogen) atoms. The van der Waals surface area contributed by atoms with Gasteiger partial charge in [0, 0.05) is 19.4 Å². The average Bonchev–Trinajstić information content (AvgIpc) is 2.42. The molecule has 0 aromatic rings. The van der Waals surface area contributed by atoms with E-state index in [1.54, 1.807) is 0 Å². The van der Waals surface area contributed by atoms with Crippen LogP contribution in [0.25, 0.3) is 0 Å². The summed E-state index contributed by atoms with van der Waals surface area (Å²) in [5, 5.41) is 10.8. The number of carbonyl (C=O) groups excluding carboxylic acids is 1. The number of Topliss-reactive ketones (excluding diaryl/α,β-unsaturated/α-hetero) is 1. The number of carbonyl (C=O) groups is 1. The normalized spacial score (nSPS) is 24.6. The van der Waals surface area contributed by atoms with Crippen LogP contribution >= 0.6 is 0 Å². The maximum absolute atomic E-state index is 12.1. The lowest BCUT2D eigenvalue weighted by atomic mass is 9.88. The van der Waals surface area contributed by atoms with E-state index in [-0.39, 0.29) is 28.4 Å². The Morgan fingerprint density at radius 3 is 2.00 bits per heavy atom. The number of aliphatic hydroxyl groups is 1. The lowest BCUT2D eigenvalue weighted by Crippen LogP contribution is -2.47. The first-order valence-electron chi connectivity index (χ1n) is 10.2. The molecule has 0 unspecified atom stereocenters. The van der Waals surface area contributed by atoms with Gasteiger partial charge in [0.1, 0.15) is 5.78 Å². The number of hydrogen-bond donors (Lipinski definition) is 1. The molecule has 158 valence electrons. The Morgan fingerprint density at radius 2 is 1.52 bits per heavy atom. The van der Waals surface area contributed by atoms with Gasteiger partial charge < -0.3 is 14.0 Å². The quantitative estimate of drug-likeness (QED) is 0.357. The molecule has 1 N–H and O–H groups in total. The summed E-state index contributed by atoms with van der Waals surface area (Å²) < 4.78 is 12.8. The Kier molecular flexibility index (Phi) is 7.90. The van der Waals surface area contributed by atoms with Crippen molar-refractivity contribution in [3.63, 3.8) is 0 Å². The second kappa shape index (κ2) is 8.61. The molecule has 0 bridgehead atoms. The Labute approximate surface area is 169 Å². The van der Waals surface area contributed by atoms with Gasteiger partial charge in [-0.25, -0.2) is 0 Å². The third kappa shape index (κ3) is 6.63. The van der Waals surface area contributed by atoms with Gasteiger partial charge in [-0.2, -0.15) is 0 Å². The standard InChI is InChI=1S/C21H42O4Si2/c1-20(2,3)26(7,8)24-13-11-12-17-18(23)14-16(22)15-19(17)25-27(9,10)21(4,5)6/h12,18-19,23H,11,13-15H2,1-10H3/b17-12+/t18-,19-/m1/s1. The van der Waals surface area contributed by atoms with Gasteiger partial charge in [0.05, 0.1) is 12.2 Å². The Bertz CT molecular complexity index is 554. The fourth-order valence-electron chi connectivity index (χ4n) is 2.62. The van der Waals surface area contributed by atoms with E-state index < -0.39 is 22.7 Å². The van der Waals surface area contributed by atoms with Gasteiger partial charge in [-0.05, 0) is 48.3 Å². The van der Waals surface area contributed by atoms with E-state index in [1.807, 2.05) is 0 Å². The van der Waals surface area contributed by atoms with Gasteiger partial charge >= 0.3 is 0 Å². The van der Waals surface area contributed by atoms with Crippen molar-refractivity contribution in [2.45, 2.75) is 109 Å². The van der Waals surface area contributed by atoms with Gasteiger partial charge in [0.15, 0.2) is 16.6 Å². The van der Waals surface area contributed by atoms with Crippen LogP contribution in [0, 0.1) is 0 Å². The van der Waals surface area contributed by atoms with Crippen LogP contribution in [0.1, 0.15) is 60.8 Å². The topological polar surface area (TPSA) is 55.8 Å². The summed E-state index contributed by atoms with van der Waals surface area (Å²) >= 11 is 0. The van der Waals surface area contributed by atoms with Gasteiger partial charge in [-0.15, -0.1) is 0 Å². The van der Waals surface area contributed by atoms with Gasteiger partial charge in [-0.3, -0.25) is 4.79 Å². The Hall–Kier alpha value is -0.276. The van der Waals surface area contributed by atoms with Crippen molar-refractivity contribution in [1.82, 2.24) is 0 Å². The molecular weight excluding hydrogens is 372 g/mol. The van der Waals surface area contributed by atoms with Crippen molar-refractivity contribution in [2.75, 3.05) is 6.61 Å². The van der Waals surface area contributed by atoms with Crippen LogP contribution in [-0.4, -0.2) is 46.3 Å². The van der Waals surface area contributed by atoms with Crippen molar-refractivity contribution < 1.29 is 18.8 Å². The number of aliphatic hydroxyl groups excluding tert-OH is 1. The van der Waals surface area contributed by atoms with E-state index >= 15 is 0 Å². The van der Waals surface area contributed by atoms with Crippen LogP contribution in [0.2, 0.25) is 36.3 Å². The van der Waals surface area contributed by atoms with E-state index in [2.05, 4.69) is 73.8 Å². The maximum Gasteiger partial charge on any atom is 0.192 e. The van der Waals surface area contributed by atoms with E-state index in [9.17, 15) is 9.90 Å². The molecule has 0 amide bonds. The molecule has 2 atom stereocenters. The van der Waals surface area contributed by atoms with Crippen LogP contribution in [0.4, 0.5) is 0 Å². The molecular formula is C21H42O4Si2. The van der Waals surface area contributed by atoms with Crippen molar-refractivity contribution in [3.05, 3.63) is 11.6 Å². The highest BCUT2D eigenvalue weighted by atomic mass is 28.4. The largest absolute Gasteiger partial charge is 0.417 e. The summed E-state index contributed by atoms with van der Waals surface area (Å²) in [5.74, 6) is 0.0842. The molecule has 4 nitrogen and oxygen atoms in total. The molecule has 0 spiro atoms. The zero-order chi connectivity index (χ0) is 21.3. The SMILES string of the molecule is CC(C)(C)[Si](C)(C)OCC/C=C1\[C@H](O)CC(=O)C[C@H]1O[Si](C)(C)C(C)(C)C. The summed E-state index contributed by atoms with van der Waals surface area (Å²) in [5.41, 5.74) is 0.873. The molecule has 1 saturated carbocycles. The lowest BCUT2D eigenvalue weighted by molar-refractivity contribution is -0.123. The number of hydrogen-bond acceptors (Lipinski definition) is 4. The zero-order valence-corrected chi connectivity index (χ0v) is 21.2. The molecule has 6 heteroatoms. The fraction of sp³-hybridized carbons (Fsp3) is 0.857. The van der Waals surface area contributed by atoms with Gasteiger partial charge in [0.25, 0.3) is 0 Å². The second-order valence-electron chi connectivity index (χ2n) is 10.9. The molecule has 0 radical (unpaired) electrons. The summed E-state index contributed by atoms with van der Waals surface area (Å²) in [7, 11) is -3.79. The molecule has 1 rings (SSSR count). The predicted octanol–water partition coefficient (Wildman–Crippen LogP) is 5.44. The number of ketones is 1. The average molecular weight is 415 g/mol. The molecule has 1 fully saturated rings.